The Morgan fingerprint density at radius 2 is 2.00 bits per heavy atom. The quantitative estimate of drug-likeness (QED) is 0.561. The van der Waals surface area contributed by atoms with Gasteiger partial charge in [0.25, 0.3) is 5.91 Å². The van der Waals surface area contributed by atoms with Crippen LogP contribution in [0.1, 0.15) is 35.1 Å². The number of carbonyl (C=O) groups is 1. The van der Waals surface area contributed by atoms with Crippen LogP contribution >= 0.6 is 11.6 Å². The monoisotopic (exact) mass is 406 g/mol. The number of nitrogens with one attached hydrogen (secondary N) is 1. The number of pyridine rings is 1. The lowest BCUT2D eigenvalue weighted by molar-refractivity contribution is 0.0698. The summed E-state index contributed by atoms with van der Waals surface area (Å²) in [6, 6.07) is 15.0. The van der Waals surface area contributed by atoms with Gasteiger partial charge in [-0.25, -0.2) is 0 Å². The zero-order chi connectivity index (χ0) is 19.8. The van der Waals surface area contributed by atoms with Crippen molar-refractivity contribution in [2.24, 2.45) is 0 Å². The maximum absolute atomic E-state index is 13.1. The van der Waals surface area contributed by atoms with Crippen LogP contribution in [0, 0.1) is 0 Å². The third kappa shape index (κ3) is 3.38. The van der Waals surface area contributed by atoms with Gasteiger partial charge in [0.05, 0.1) is 5.69 Å². The molecule has 1 saturated heterocycles. The van der Waals surface area contributed by atoms with Gasteiger partial charge in [-0.05, 0) is 43.2 Å². The number of rotatable bonds is 3. The number of fused-ring (bicyclic) bond motifs is 1. The lowest BCUT2D eigenvalue weighted by atomic mass is 9.97. The molecular weight excluding hydrogens is 388 g/mol. The second-order valence-corrected chi connectivity index (χ2v) is 7.69. The summed E-state index contributed by atoms with van der Waals surface area (Å²) in [7, 11) is 0. The average molecular weight is 407 g/mol. The minimum atomic E-state index is -0.0452. The van der Waals surface area contributed by atoms with Crippen LogP contribution in [-0.4, -0.2) is 48.7 Å². The van der Waals surface area contributed by atoms with E-state index in [0.29, 0.717) is 17.3 Å². The minimum Gasteiger partial charge on any atom is -0.337 e. The van der Waals surface area contributed by atoms with Crippen molar-refractivity contribution < 1.29 is 4.79 Å². The molecule has 0 spiro atoms. The van der Waals surface area contributed by atoms with Crippen molar-refractivity contribution in [1.29, 1.82) is 0 Å². The number of aromatic amines is 1. The Bertz CT molecular complexity index is 1170. The van der Waals surface area contributed by atoms with Gasteiger partial charge in [-0.3, -0.25) is 14.3 Å². The summed E-state index contributed by atoms with van der Waals surface area (Å²) in [6.45, 7) is 1.34. The van der Waals surface area contributed by atoms with E-state index in [1.165, 1.54) is 0 Å². The van der Waals surface area contributed by atoms with E-state index in [4.69, 9.17) is 11.6 Å². The van der Waals surface area contributed by atoms with Crippen molar-refractivity contribution in [2.45, 2.75) is 18.8 Å². The number of H-pyrrole nitrogens is 1. The third-order valence-electron chi connectivity index (χ3n) is 5.36. The first kappa shape index (κ1) is 17.9. The van der Waals surface area contributed by atoms with Gasteiger partial charge in [-0.1, -0.05) is 29.8 Å². The third-order valence-corrected chi connectivity index (χ3v) is 5.61. The van der Waals surface area contributed by atoms with Crippen LogP contribution < -0.4 is 0 Å². The van der Waals surface area contributed by atoms with Crippen LogP contribution in [0.3, 0.4) is 0 Å². The number of piperidine rings is 1. The Kier molecular flexibility index (Phi) is 4.52. The van der Waals surface area contributed by atoms with E-state index in [2.05, 4.69) is 20.4 Å². The molecule has 1 aromatic carbocycles. The zero-order valence-corrected chi connectivity index (χ0v) is 16.4. The Morgan fingerprint density at radius 1 is 1.14 bits per heavy atom. The molecule has 5 rings (SSSR count). The van der Waals surface area contributed by atoms with Gasteiger partial charge in [0.1, 0.15) is 11.5 Å². The SMILES string of the molecule is O=C(c1cc(-c2ccc(Cl)cc2)n[nH]1)N1CCCC(c2nnc3ccccn23)C1. The molecule has 0 bridgehead atoms. The summed E-state index contributed by atoms with van der Waals surface area (Å²) >= 11 is 5.95. The van der Waals surface area contributed by atoms with E-state index in [1.54, 1.807) is 6.07 Å². The van der Waals surface area contributed by atoms with E-state index >= 15 is 0 Å². The molecule has 1 aliphatic rings. The van der Waals surface area contributed by atoms with Crippen molar-refractivity contribution >= 4 is 23.2 Å². The number of likely N-dealkylation sites (tertiary alicyclic amines) is 1. The molecule has 4 heterocycles. The van der Waals surface area contributed by atoms with Crippen LogP contribution in [0.25, 0.3) is 16.9 Å². The largest absolute Gasteiger partial charge is 0.337 e. The predicted octanol–water partition coefficient (Wildman–Crippen LogP) is 3.79. The first-order chi connectivity index (χ1) is 14.2. The second kappa shape index (κ2) is 7.33. The Balaban J connectivity index is 1.36. The van der Waals surface area contributed by atoms with E-state index in [1.807, 2.05) is 58.0 Å². The fourth-order valence-corrected chi connectivity index (χ4v) is 4.01. The molecule has 29 heavy (non-hydrogen) atoms. The summed E-state index contributed by atoms with van der Waals surface area (Å²) in [4.78, 5) is 14.9. The van der Waals surface area contributed by atoms with E-state index in [0.717, 1.165) is 42.1 Å². The van der Waals surface area contributed by atoms with E-state index < -0.39 is 0 Å². The number of aromatic nitrogens is 5. The second-order valence-electron chi connectivity index (χ2n) is 7.25. The molecule has 0 aliphatic carbocycles. The fraction of sp³-hybridized carbons (Fsp3) is 0.238. The number of nitrogens with zero attached hydrogens (tertiary/aromatic N) is 5. The van der Waals surface area contributed by atoms with Crippen LogP contribution in [0.5, 0.6) is 0 Å². The molecule has 7 nitrogen and oxygen atoms in total. The topological polar surface area (TPSA) is 79.2 Å². The summed E-state index contributed by atoms with van der Waals surface area (Å²) in [5, 5.41) is 16.5. The fourth-order valence-electron chi connectivity index (χ4n) is 3.88. The molecule has 1 aliphatic heterocycles. The summed E-state index contributed by atoms with van der Waals surface area (Å²) in [6.07, 6.45) is 3.88. The van der Waals surface area contributed by atoms with Crippen LogP contribution in [-0.2, 0) is 0 Å². The molecule has 0 radical (unpaired) electrons. The number of benzene rings is 1. The van der Waals surface area contributed by atoms with Gasteiger partial charge in [0, 0.05) is 35.8 Å². The standard InChI is InChI=1S/C21H19ClN6O/c22-16-8-6-14(7-9-16)17-12-18(24-23-17)21(29)27-10-3-4-15(13-27)20-26-25-19-5-1-2-11-28(19)20/h1-2,5-9,11-12,15H,3-4,10,13H2,(H,23,24). The van der Waals surface area contributed by atoms with Crippen LogP contribution in [0.2, 0.25) is 5.02 Å². The molecule has 146 valence electrons. The predicted molar refractivity (Wildman–Crippen MR) is 110 cm³/mol. The van der Waals surface area contributed by atoms with Crippen LogP contribution in [0.15, 0.2) is 54.7 Å². The minimum absolute atomic E-state index is 0.0452. The average Bonchev–Trinajstić information content (AvgIpc) is 3.41. The lowest BCUT2D eigenvalue weighted by Crippen LogP contribution is -2.39. The van der Waals surface area contributed by atoms with Crippen molar-refractivity contribution in [3.63, 3.8) is 0 Å². The molecule has 1 atom stereocenters. The summed E-state index contributed by atoms with van der Waals surface area (Å²) in [5.74, 6) is 1.02. The van der Waals surface area contributed by atoms with Gasteiger partial charge in [-0.2, -0.15) is 5.10 Å². The number of hydrogen-bond acceptors (Lipinski definition) is 4. The molecule has 4 aromatic rings. The molecule has 1 N–H and O–H groups in total. The van der Waals surface area contributed by atoms with Crippen molar-refractivity contribution in [2.75, 3.05) is 13.1 Å². The molecule has 8 heteroatoms. The Labute approximate surface area is 172 Å². The first-order valence-electron chi connectivity index (χ1n) is 9.59. The number of halogens is 1. The van der Waals surface area contributed by atoms with Gasteiger partial charge in [0.2, 0.25) is 0 Å². The smallest absolute Gasteiger partial charge is 0.271 e. The highest BCUT2D eigenvalue weighted by atomic mass is 35.5. The highest BCUT2D eigenvalue weighted by Gasteiger charge is 2.29. The van der Waals surface area contributed by atoms with Crippen molar-refractivity contribution in [3.8, 4) is 11.3 Å². The summed E-state index contributed by atoms with van der Waals surface area (Å²) in [5.41, 5.74) is 2.95. The molecule has 3 aromatic heterocycles. The van der Waals surface area contributed by atoms with Crippen LogP contribution in [0.4, 0.5) is 0 Å². The van der Waals surface area contributed by atoms with Crippen molar-refractivity contribution in [1.82, 2.24) is 29.7 Å². The van der Waals surface area contributed by atoms with Crippen molar-refractivity contribution in [3.05, 3.63) is 71.3 Å². The highest BCUT2D eigenvalue weighted by Crippen LogP contribution is 2.27. The molecule has 0 saturated carbocycles. The Morgan fingerprint density at radius 3 is 2.86 bits per heavy atom. The first-order valence-corrected chi connectivity index (χ1v) is 9.97. The van der Waals surface area contributed by atoms with Gasteiger partial charge >= 0.3 is 0 Å². The maximum Gasteiger partial charge on any atom is 0.271 e. The normalized spacial score (nSPS) is 17.0. The zero-order valence-electron chi connectivity index (χ0n) is 15.6. The summed E-state index contributed by atoms with van der Waals surface area (Å²) < 4.78 is 2.01. The van der Waals surface area contributed by atoms with Gasteiger partial charge in [0.15, 0.2) is 5.65 Å². The lowest BCUT2D eigenvalue weighted by Gasteiger charge is -2.31. The molecule has 1 unspecified atom stereocenters. The van der Waals surface area contributed by atoms with E-state index in [-0.39, 0.29) is 11.8 Å². The van der Waals surface area contributed by atoms with Gasteiger partial charge < -0.3 is 4.90 Å². The number of amides is 1. The number of carbonyl (C=O) groups excluding carboxylic acids is 1. The van der Waals surface area contributed by atoms with E-state index in [9.17, 15) is 4.79 Å². The number of hydrogen-bond donors (Lipinski definition) is 1. The molecular formula is C21H19ClN6O. The molecule has 1 fully saturated rings. The maximum atomic E-state index is 13.1. The molecule has 1 amide bonds. The highest BCUT2D eigenvalue weighted by molar-refractivity contribution is 6.30. The van der Waals surface area contributed by atoms with Gasteiger partial charge in [-0.15, -0.1) is 10.2 Å². The Hall–Kier alpha value is -3.19.